The lowest BCUT2D eigenvalue weighted by Crippen LogP contribution is -2.02. The smallest absolute Gasteiger partial charge is 0.308 e. The molecular weight excluding hydrogens is 496 g/mol. The van der Waals surface area contributed by atoms with Crippen molar-refractivity contribution in [2.24, 2.45) is 0 Å². The number of nitro groups is 2. The lowest BCUT2D eigenvalue weighted by molar-refractivity contribution is -0.384. The summed E-state index contributed by atoms with van der Waals surface area (Å²) >= 11 is 0. The van der Waals surface area contributed by atoms with Crippen molar-refractivity contribution >= 4 is 45.1 Å². The maximum absolute atomic E-state index is 11.9. The van der Waals surface area contributed by atoms with Crippen molar-refractivity contribution in [3.05, 3.63) is 80.9 Å². The van der Waals surface area contributed by atoms with E-state index in [1.54, 1.807) is 24.3 Å². The molecule has 0 fully saturated rings. The van der Waals surface area contributed by atoms with E-state index in [9.17, 15) is 29.8 Å². The van der Waals surface area contributed by atoms with Gasteiger partial charge in [0.2, 0.25) is 0 Å². The van der Waals surface area contributed by atoms with E-state index in [4.69, 9.17) is 9.47 Å². The molecule has 0 amide bonds. The van der Waals surface area contributed by atoms with E-state index in [2.05, 4.69) is 9.97 Å². The van der Waals surface area contributed by atoms with E-state index < -0.39 is 21.8 Å². The summed E-state index contributed by atoms with van der Waals surface area (Å²) in [5.74, 6) is -0.744. The summed E-state index contributed by atoms with van der Waals surface area (Å²) in [6.45, 7) is 2.50. The molecule has 0 aliphatic heterocycles. The molecule has 0 aliphatic carbocycles. The third-order valence-corrected chi connectivity index (χ3v) is 5.82. The number of nitrogens with one attached hydrogen (secondary N) is 2. The quantitative estimate of drug-likeness (QED) is 0.166. The van der Waals surface area contributed by atoms with Gasteiger partial charge in [-0.2, -0.15) is 0 Å². The summed E-state index contributed by atoms with van der Waals surface area (Å²) in [5, 5.41) is 23.5. The van der Waals surface area contributed by atoms with Gasteiger partial charge in [-0.1, -0.05) is 18.2 Å². The second-order valence-corrected chi connectivity index (χ2v) is 8.40. The van der Waals surface area contributed by atoms with Crippen LogP contribution >= 0.6 is 0 Å². The Kier molecular flexibility index (Phi) is 5.84. The Bertz CT molecular complexity index is 1670. The minimum atomic E-state index is -0.573. The zero-order valence-corrected chi connectivity index (χ0v) is 19.9. The van der Waals surface area contributed by atoms with E-state index in [-0.39, 0.29) is 22.9 Å². The summed E-state index contributed by atoms with van der Waals surface area (Å²) in [6, 6.07) is 15.3. The molecular formula is C26H18N4O8. The first kappa shape index (κ1) is 24.2. The van der Waals surface area contributed by atoms with Gasteiger partial charge in [0, 0.05) is 60.0 Å². The molecule has 2 heterocycles. The number of ether oxygens (including phenoxy) is 2. The summed E-state index contributed by atoms with van der Waals surface area (Å²) in [4.78, 5) is 51.4. The molecule has 0 saturated carbocycles. The summed E-state index contributed by atoms with van der Waals surface area (Å²) < 4.78 is 11.0. The van der Waals surface area contributed by atoms with Crippen molar-refractivity contribution in [1.82, 2.24) is 9.97 Å². The topological polar surface area (TPSA) is 170 Å². The van der Waals surface area contributed by atoms with Gasteiger partial charge in [-0.05, 0) is 18.2 Å². The fourth-order valence-corrected chi connectivity index (χ4v) is 4.28. The van der Waals surface area contributed by atoms with Crippen molar-refractivity contribution in [3.8, 4) is 34.0 Å². The molecule has 12 heteroatoms. The first-order valence-corrected chi connectivity index (χ1v) is 11.2. The number of aromatic nitrogens is 2. The number of nitrogens with zero attached hydrogens (tertiary/aromatic N) is 2. The highest BCUT2D eigenvalue weighted by Gasteiger charge is 2.22. The largest absolute Gasteiger partial charge is 0.424 e. The van der Waals surface area contributed by atoms with Crippen molar-refractivity contribution < 1.29 is 28.9 Å². The van der Waals surface area contributed by atoms with Gasteiger partial charge < -0.3 is 19.4 Å². The number of carbonyl (C=O) groups is 2. The van der Waals surface area contributed by atoms with Gasteiger partial charge in [0.25, 0.3) is 11.4 Å². The fraction of sp³-hybridized carbons (Fsp3) is 0.0769. The van der Waals surface area contributed by atoms with Gasteiger partial charge in [-0.15, -0.1) is 0 Å². The Balaban J connectivity index is 1.70. The van der Waals surface area contributed by atoms with Crippen molar-refractivity contribution in [1.29, 1.82) is 0 Å². The van der Waals surface area contributed by atoms with Crippen LogP contribution < -0.4 is 9.47 Å². The second kappa shape index (κ2) is 9.17. The lowest BCUT2D eigenvalue weighted by Gasteiger charge is -2.08. The number of aromatic amines is 2. The van der Waals surface area contributed by atoms with Crippen molar-refractivity contribution in [3.63, 3.8) is 0 Å². The Morgan fingerprint density at radius 3 is 1.47 bits per heavy atom. The molecule has 38 heavy (non-hydrogen) atoms. The molecule has 5 aromatic rings. The van der Waals surface area contributed by atoms with Crippen LogP contribution in [-0.2, 0) is 9.59 Å². The molecule has 0 saturated heterocycles. The molecule has 0 bridgehead atoms. The van der Waals surface area contributed by atoms with Gasteiger partial charge in [-0.3, -0.25) is 29.8 Å². The van der Waals surface area contributed by atoms with Gasteiger partial charge in [-0.25, -0.2) is 0 Å². The molecule has 0 aliphatic rings. The zero-order chi connectivity index (χ0) is 27.1. The fourth-order valence-electron chi connectivity index (χ4n) is 4.28. The van der Waals surface area contributed by atoms with Crippen LogP contribution in [0.2, 0.25) is 0 Å². The third kappa shape index (κ3) is 4.30. The number of H-pyrrole nitrogens is 2. The van der Waals surface area contributed by atoms with E-state index >= 15 is 0 Å². The molecule has 2 N–H and O–H groups in total. The highest BCUT2D eigenvalue weighted by atomic mass is 16.6. The molecule has 2 aromatic heterocycles. The number of hydrogen-bond acceptors (Lipinski definition) is 8. The van der Waals surface area contributed by atoms with Crippen LogP contribution in [0.3, 0.4) is 0 Å². The number of hydrogen-bond donors (Lipinski definition) is 2. The molecule has 0 atom stereocenters. The highest BCUT2D eigenvalue weighted by molar-refractivity contribution is 5.99. The first-order valence-electron chi connectivity index (χ1n) is 11.2. The van der Waals surface area contributed by atoms with Crippen LogP contribution in [0, 0.1) is 20.2 Å². The predicted molar refractivity (Wildman–Crippen MR) is 137 cm³/mol. The van der Waals surface area contributed by atoms with Crippen LogP contribution in [-0.4, -0.2) is 31.8 Å². The number of esters is 2. The SMILES string of the molecule is CC(=O)Oc1c(-c2cccc(-c3[nH]c4cc([N+](=O)[O-])ccc4c3OC(C)=O)c2)[nH]c2cc([N+](=O)[O-])ccc12. The number of carbonyl (C=O) groups excluding carboxylic acids is 2. The Hall–Kier alpha value is -5.52. The summed E-state index contributed by atoms with van der Waals surface area (Å²) in [7, 11) is 0. The number of nitro benzene ring substituents is 2. The molecule has 0 spiro atoms. The molecule has 0 radical (unpaired) electrons. The third-order valence-electron chi connectivity index (χ3n) is 5.82. The Morgan fingerprint density at radius 2 is 1.11 bits per heavy atom. The van der Waals surface area contributed by atoms with Crippen LogP contribution in [0.15, 0.2) is 60.7 Å². The zero-order valence-electron chi connectivity index (χ0n) is 19.9. The van der Waals surface area contributed by atoms with E-state index in [1.807, 2.05) is 0 Å². The molecule has 12 nitrogen and oxygen atoms in total. The maximum Gasteiger partial charge on any atom is 0.308 e. The van der Waals surface area contributed by atoms with E-state index in [1.165, 1.54) is 50.2 Å². The number of benzene rings is 3. The van der Waals surface area contributed by atoms with Crippen molar-refractivity contribution in [2.45, 2.75) is 13.8 Å². The maximum atomic E-state index is 11.9. The van der Waals surface area contributed by atoms with Crippen LogP contribution in [0.1, 0.15) is 13.8 Å². The Labute approximate surface area is 213 Å². The minimum Gasteiger partial charge on any atom is -0.424 e. The average Bonchev–Trinajstić information content (AvgIpc) is 3.41. The predicted octanol–water partition coefficient (Wildman–Crippen LogP) is 5.65. The lowest BCUT2D eigenvalue weighted by atomic mass is 10.0. The molecule has 3 aromatic carbocycles. The van der Waals surface area contributed by atoms with Gasteiger partial charge >= 0.3 is 11.9 Å². The van der Waals surface area contributed by atoms with E-state index in [0.717, 1.165) is 0 Å². The summed E-state index contributed by atoms with van der Waals surface area (Å²) in [6.07, 6.45) is 0. The van der Waals surface area contributed by atoms with E-state index in [0.29, 0.717) is 44.3 Å². The second-order valence-electron chi connectivity index (χ2n) is 8.40. The van der Waals surface area contributed by atoms with Crippen LogP contribution in [0.4, 0.5) is 11.4 Å². The highest BCUT2D eigenvalue weighted by Crippen LogP contribution is 2.42. The molecule has 0 unspecified atom stereocenters. The average molecular weight is 514 g/mol. The standard InChI is InChI=1S/C26H18N4O8/c1-13(31)37-25-19-8-6-17(29(33)34)11-21(19)27-23(25)15-4-3-5-16(10-15)24-26(38-14(2)32)20-9-7-18(30(35)36)12-22(20)28-24/h3-12,27-28H,1-2H3. The van der Waals surface area contributed by atoms with Crippen LogP contribution in [0.25, 0.3) is 44.3 Å². The number of non-ortho nitro benzene ring substituents is 2. The normalized spacial score (nSPS) is 11.0. The van der Waals surface area contributed by atoms with Gasteiger partial charge in [0.1, 0.15) is 0 Å². The Morgan fingerprint density at radius 1 is 0.684 bits per heavy atom. The van der Waals surface area contributed by atoms with Crippen LogP contribution in [0.5, 0.6) is 11.5 Å². The summed E-state index contributed by atoms with van der Waals surface area (Å²) in [5.41, 5.74) is 2.46. The first-order chi connectivity index (χ1) is 18.1. The van der Waals surface area contributed by atoms with Gasteiger partial charge in [0.15, 0.2) is 11.5 Å². The minimum absolute atomic E-state index is 0.133. The monoisotopic (exact) mass is 514 g/mol. The van der Waals surface area contributed by atoms with Gasteiger partial charge in [0.05, 0.1) is 32.3 Å². The molecule has 190 valence electrons. The number of fused-ring (bicyclic) bond motifs is 2. The number of rotatable bonds is 6. The van der Waals surface area contributed by atoms with Crippen molar-refractivity contribution in [2.75, 3.05) is 0 Å². The molecule has 5 rings (SSSR count).